The van der Waals surface area contributed by atoms with Crippen LogP contribution >= 0.6 is 0 Å². The topological polar surface area (TPSA) is 102 Å². The summed E-state index contributed by atoms with van der Waals surface area (Å²) in [5.41, 5.74) is 1.97. The van der Waals surface area contributed by atoms with Gasteiger partial charge < -0.3 is 38.3 Å². The smallest absolute Gasteiger partial charge is 0.303 e. The van der Waals surface area contributed by atoms with Crippen molar-refractivity contribution < 1.29 is 43.1 Å². The Kier molecular flexibility index (Phi) is 11.9. The molecule has 0 amide bonds. The van der Waals surface area contributed by atoms with E-state index >= 15 is 0 Å². The van der Waals surface area contributed by atoms with Crippen molar-refractivity contribution >= 4 is 5.97 Å². The number of carbonyl (C=O) groups is 1. The van der Waals surface area contributed by atoms with Crippen LogP contribution in [0.3, 0.4) is 0 Å². The van der Waals surface area contributed by atoms with Crippen molar-refractivity contribution in [3.63, 3.8) is 0 Å². The van der Waals surface area contributed by atoms with Crippen molar-refractivity contribution in [1.29, 1.82) is 0 Å². The molecule has 0 radical (unpaired) electrons. The first-order valence-electron chi connectivity index (χ1n) is 12.9. The minimum Gasteiger partial charge on any atom is -0.458 e. The van der Waals surface area contributed by atoms with Gasteiger partial charge in [-0.1, -0.05) is 6.42 Å². The molecule has 2 fully saturated rings. The van der Waals surface area contributed by atoms with Crippen molar-refractivity contribution in [2.24, 2.45) is 17.8 Å². The summed E-state index contributed by atoms with van der Waals surface area (Å²) in [6.45, 7) is 5.71. The highest BCUT2D eigenvalue weighted by Gasteiger charge is 2.49. The molecule has 2 bridgehead atoms. The first-order chi connectivity index (χ1) is 17.0. The lowest BCUT2D eigenvalue weighted by Gasteiger charge is -2.49. The van der Waals surface area contributed by atoms with Crippen LogP contribution in [0.15, 0.2) is 11.1 Å². The van der Waals surface area contributed by atoms with Gasteiger partial charge >= 0.3 is 5.97 Å². The molecule has 9 heteroatoms. The molecule has 0 unspecified atom stereocenters. The van der Waals surface area contributed by atoms with E-state index in [1.54, 1.807) is 14.2 Å². The van der Waals surface area contributed by atoms with Gasteiger partial charge in [0, 0.05) is 27.1 Å². The lowest BCUT2D eigenvalue weighted by atomic mass is 9.63. The van der Waals surface area contributed by atoms with Crippen molar-refractivity contribution in [2.75, 3.05) is 54.2 Å². The molecule has 3 aliphatic carbocycles. The minimum atomic E-state index is -0.584. The van der Waals surface area contributed by atoms with Crippen molar-refractivity contribution in [3.05, 3.63) is 11.1 Å². The highest BCUT2D eigenvalue weighted by molar-refractivity contribution is 5.66. The van der Waals surface area contributed by atoms with Crippen LogP contribution in [0.1, 0.15) is 52.4 Å². The van der Waals surface area contributed by atoms with Gasteiger partial charge in [-0.25, -0.2) is 0 Å². The fourth-order valence-corrected chi connectivity index (χ4v) is 6.02. The summed E-state index contributed by atoms with van der Waals surface area (Å²) in [5.74, 6) is 0.107. The molecule has 202 valence electrons. The Morgan fingerprint density at radius 3 is 2.29 bits per heavy atom. The molecule has 7 atom stereocenters. The number of ether oxygens (including phenoxy) is 7. The van der Waals surface area contributed by atoms with E-state index in [1.807, 2.05) is 6.92 Å². The van der Waals surface area contributed by atoms with E-state index < -0.39 is 6.10 Å². The Bertz CT molecular complexity index is 682. The number of hydrogen-bond donors (Lipinski definition) is 1. The Hall–Kier alpha value is -1.07. The Balaban J connectivity index is 1.84. The molecule has 1 N–H and O–H groups in total. The number of carbonyl (C=O) groups excluding carboxylic acids is 1. The fourth-order valence-electron chi connectivity index (χ4n) is 6.02. The van der Waals surface area contributed by atoms with Gasteiger partial charge in [-0.15, -0.1) is 0 Å². The van der Waals surface area contributed by atoms with Crippen LogP contribution < -0.4 is 0 Å². The maximum Gasteiger partial charge on any atom is 0.303 e. The third kappa shape index (κ3) is 7.95. The molecule has 0 saturated heterocycles. The lowest BCUT2D eigenvalue weighted by molar-refractivity contribution is -0.197. The largest absolute Gasteiger partial charge is 0.458 e. The maximum atomic E-state index is 12.0. The van der Waals surface area contributed by atoms with Gasteiger partial charge in [0.15, 0.2) is 0 Å². The van der Waals surface area contributed by atoms with Crippen LogP contribution in [0.2, 0.25) is 0 Å². The summed E-state index contributed by atoms with van der Waals surface area (Å²) < 4.78 is 40.0. The number of hydrogen-bond acceptors (Lipinski definition) is 9. The number of aliphatic hydroxyl groups excluding tert-OH is 1. The van der Waals surface area contributed by atoms with E-state index in [9.17, 15) is 9.90 Å². The molecule has 35 heavy (non-hydrogen) atoms. The number of fused-ring (bicyclic) bond motifs is 3. The predicted molar refractivity (Wildman–Crippen MR) is 128 cm³/mol. The summed E-state index contributed by atoms with van der Waals surface area (Å²) in [6.07, 6.45) is 3.87. The second-order valence-electron chi connectivity index (χ2n) is 9.90. The van der Waals surface area contributed by atoms with Crippen molar-refractivity contribution in [3.8, 4) is 0 Å². The van der Waals surface area contributed by atoms with E-state index in [1.165, 1.54) is 6.92 Å². The highest BCUT2D eigenvalue weighted by Crippen LogP contribution is 2.48. The molecule has 3 aliphatic rings. The summed E-state index contributed by atoms with van der Waals surface area (Å²) in [5, 5.41) is 10.9. The van der Waals surface area contributed by atoms with Gasteiger partial charge in [-0.2, -0.15) is 0 Å². The SMILES string of the molecule is COCCOCO[C@@H]1[C@@H]2CC(=C(C)[C@H](O)C2)[C@H](OC(C)=O)C[C@@H]2CCC[C@@H](OCOCCOC)[C@H]21. The Labute approximate surface area is 209 Å². The van der Waals surface area contributed by atoms with Gasteiger partial charge in [0.1, 0.15) is 19.7 Å². The zero-order valence-electron chi connectivity index (χ0n) is 21.7. The molecular formula is C26H44O9. The average molecular weight is 501 g/mol. The average Bonchev–Trinajstić information content (AvgIpc) is 2.82. The molecule has 0 aromatic carbocycles. The summed E-state index contributed by atoms with van der Waals surface area (Å²) in [7, 11) is 3.28. The molecule has 0 aromatic rings. The van der Waals surface area contributed by atoms with Gasteiger partial charge in [-0.3, -0.25) is 4.79 Å². The summed E-state index contributed by atoms with van der Waals surface area (Å²) >= 11 is 0. The molecule has 3 rings (SSSR count). The summed E-state index contributed by atoms with van der Waals surface area (Å²) in [6, 6.07) is 0. The predicted octanol–water partition coefficient (Wildman–Crippen LogP) is 2.84. The Morgan fingerprint density at radius 2 is 1.63 bits per heavy atom. The maximum absolute atomic E-state index is 12.0. The monoisotopic (exact) mass is 500 g/mol. The molecule has 0 heterocycles. The van der Waals surface area contributed by atoms with Crippen LogP contribution in [0.25, 0.3) is 0 Å². The Morgan fingerprint density at radius 1 is 0.943 bits per heavy atom. The highest BCUT2D eigenvalue weighted by atomic mass is 16.7. The molecule has 0 spiro atoms. The minimum absolute atomic E-state index is 0.0519. The van der Waals surface area contributed by atoms with Gasteiger partial charge in [-0.05, 0) is 62.0 Å². The van der Waals surface area contributed by atoms with Crippen LogP contribution in [0.5, 0.6) is 0 Å². The van der Waals surface area contributed by atoms with Gasteiger partial charge in [0.25, 0.3) is 0 Å². The van der Waals surface area contributed by atoms with Crippen LogP contribution in [-0.4, -0.2) is 89.7 Å². The van der Waals surface area contributed by atoms with Crippen LogP contribution in [0.4, 0.5) is 0 Å². The number of rotatable bonds is 13. The molecule has 0 aliphatic heterocycles. The third-order valence-corrected chi connectivity index (χ3v) is 7.68. The first-order valence-corrected chi connectivity index (χ1v) is 12.9. The molecule has 0 aromatic heterocycles. The van der Waals surface area contributed by atoms with Crippen molar-refractivity contribution in [2.45, 2.75) is 76.8 Å². The van der Waals surface area contributed by atoms with E-state index in [0.29, 0.717) is 39.3 Å². The normalized spacial score (nSPS) is 33.1. The number of esters is 1. The zero-order valence-corrected chi connectivity index (χ0v) is 21.7. The van der Waals surface area contributed by atoms with E-state index in [4.69, 9.17) is 33.2 Å². The molecular weight excluding hydrogens is 456 g/mol. The van der Waals surface area contributed by atoms with Crippen molar-refractivity contribution in [1.82, 2.24) is 0 Å². The second-order valence-corrected chi connectivity index (χ2v) is 9.90. The number of methoxy groups -OCH3 is 2. The second kappa shape index (κ2) is 14.6. The van der Waals surface area contributed by atoms with Gasteiger partial charge in [0.05, 0.1) is 44.7 Å². The quantitative estimate of drug-likeness (QED) is 0.177. The van der Waals surface area contributed by atoms with E-state index in [2.05, 4.69) is 0 Å². The molecule has 9 nitrogen and oxygen atoms in total. The van der Waals surface area contributed by atoms with E-state index in [0.717, 1.165) is 36.8 Å². The van der Waals surface area contributed by atoms with Crippen LogP contribution in [-0.2, 0) is 38.0 Å². The number of aliphatic hydroxyl groups is 1. The third-order valence-electron chi connectivity index (χ3n) is 7.68. The first kappa shape index (κ1) is 28.5. The zero-order chi connectivity index (χ0) is 25.2. The van der Waals surface area contributed by atoms with Crippen LogP contribution in [0, 0.1) is 17.8 Å². The fraction of sp³-hybridized carbons (Fsp3) is 0.885. The summed E-state index contributed by atoms with van der Waals surface area (Å²) in [4.78, 5) is 12.0. The lowest BCUT2D eigenvalue weighted by Crippen LogP contribution is -2.51. The standard InChI is InChI=1S/C26H44O9/c1-17-21-12-20(13-22(17)28)26(34-16-32-11-9-30-4)25-19(14-24(21)35-18(2)27)6-5-7-23(25)33-15-31-10-8-29-3/h19-20,22-26,28H,5-16H2,1-4H3/t19-,20+,22+,23+,24+,25-,26+/m0/s1. The van der Waals surface area contributed by atoms with Gasteiger partial charge in [0.2, 0.25) is 0 Å². The van der Waals surface area contributed by atoms with E-state index in [-0.39, 0.29) is 55.6 Å². The molecule has 2 saturated carbocycles.